The van der Waals surface area contributed by atoms with Gasteiger partial charge in [0.05, 0.1) is 37.1 Å². The number of alkyl halides is 6. The lowest BCUT2D eigenvalue weighted by atomic mass is 9.82. The standard InChI is InChI=1S/C12H16O2.C11H11F3O2.C11H12O2.C10H9F3O2.C10H10O2/c1-12(2,3)11-10-8(7-14-11)5-4-6-9(10)13;1-6-3-4-7(15)8-9(6)16-5-10(8,2)11(12,13)14;1-7-2-3-8(12)9-10(7)13-6-11(9)4-5-11;1-9(10(11,12)13)5-15-7-4-2-3-6(14)8(7)9;11-7-2-1-3-8-9(7)10(4-5-10)6-12-8/h4-6,11,13H,7H2,1-3H3;3-4,15H,5H2,1-2H3;2-3,12H,4-6H2,1H3;2-4,14H,5H2,1H3;1-3,11H,4-6H2. The number of halogens is 6. The number of rotatable bonds is 0. The van der Waals surface area contributed by atoms with Crippen LogP contribution >= 0.6 is 0 Å². The fourth-order valence-electron chi connectivity index (χ4n) is 9.80. The minimum atomic E-state index is -4.44. The van der Waals surface area contributed by atoms with Gasteiger partial charge in [0.15, 0.2) is 0 Å². The number of hydrogen-bond donors (Lipinski definition) is 5. The first kappa shape index (κ1) is 50.2. The molecule has 0 aromatic heterocycles. The highest BCUT2D eigenvalue weighted by atomic mass is 19.4. The Balaban J connectivity index is 0.000000118. The molecule has 5 aromatic carbocycles. The molecule has 2 fully saturated rings. The molecule has 0 radical (unpaired) electrons. The van der Waals surface area contributed by atoms with Crippen molar-refractivity contribution in [1.82, 2.24) is 0 Å². The maximum Gasteiger partial charge on any atom is 0.401 e. The lowest BCUT2D eigenvalue weighted by molar-refractivity contribution is -0.188. The topological polar surface area (TPSA) is 147 Å². The van der Waals surface area contributed by atoms with E-state index in [4.69, 9.17) is 23.7 Å². The third kappa shape index (κ3) is 8.85. The zero-order valence-electron chi connectivity index (χ0n) is 40.0. The molecule has 5 N–H and O–H groups in total. The summed E-state index contributed by atoms with van der Waals surface area (Å²) in [6.07, 6.45) is -4.21. The maximum absolute atomic E-state index is 12.9. The van der Waals surface area contributed by atoms with Crippen LogP contribution in [0.15, 0.2) is 78.9 Å². The van der Waals surface area contributed by atoms with Crippen molar-refractivity contribution in [2.75, 3.05) is 26.4 Å². The highest BCUT2D eigenvalue weighted by Crippen LogP contribution is 2.60. The summed E-state index contributed by atoms with van der Waals surface area (Å²) in [4.78, 5) is 0. The van der Waals surface area contributed by atoms with Gasteiger partial charge >= 0.3 is 12.4 Å². The van der Waals surface area contributed by atoms with Crippen LogP contribution in [0.1, 0.15) is 111 Å². The molecular weight excluding hydrogens is 923 g/mol. The molecule has 5 aromatic rings. The summed E-state index contributed by atoms with van der Waals surface area (Å²) in [5, 5.41) is 48.2. The fraction of sp³-hybridized carbons (Fsp3) is 0.444. The van der Waals surface area contributed by atoms with Crippen molar-refractivity contribution in [2.45, 2.75) is 121 Å². The molecule has 10 nitrogen and oxygen atoms in total. The molecule has 0 amide bonds. The van der Waals surface area contributed by atoms with Crippen LogP contribution in [0.4, 0.5) is 26.3 Å². The predicted octanol–water partition coefficient (Wildman–Crippen LogP) is 12.5. The number of ether oxygens (including phenoxy) is 5. The van der Waals surface area contributed by atoms with Gasteiger partial charge in [-0.3, -0.25) is 0 Å². The van der Waals surface area contributed by atoms with Gasteiger partial charge in [-0.1, -0.05) is 57.2 Å². The van der Waals surface area contributed by atoms with Crippen molar-refractivity contribution in [3.05, 3.63) is 123 Å². The summed E-state index contributed by atoms with van der Waals surface area (Å²) in [5.74, 6) is 2.51. The molecule has 16 heteroatoms. The molecule has 376 valence electrons. The van der Waals surface area contributed by atoms with E-state index in [-0.39, 0.29) is 56.5 Å². The third-order valence-electron chi connectivity index (χ3n) is 14.4. The van der Waals surface area contributed by atoms with Crippen molar-refractivity contribution >= 4 is 0 Å². The van der Waals surface area contributed by atoms with Crippen LogP contribution < -0.4 is 18.9 Å². The quantitative estimate of drug-likeness (QED) is 0.0950. The molecule has 7 aliphatic rings. The zero-order chi connectivity index (χ0) is 51.0. The summed E-state index contributed by atoms with van der Waals surface area (Å²) in [6, 6.07) is 21.7. The Kier molecular flexibility index (Phi) is 12.6. The summed E-state index contributed by atoms with van der Waals surface area (Å²) >= 11 is 0. The van der Waals surface area contributed by atoms with Crippen molar-refractivity contribution < 1.29 is 75.6 Å². The van der Waals surface area contributed by atoms with Crippen molar-refractivity contribution in [2.24, 2.45) is 5.41 Å². The van der Waals surface area contributed by atoms with E-state index in [1.165, 1.54) is 30.3 Å². The van der Waals surface area contributed by atoms with Gasteiger partial charge in [0.1, 0.15) is 75.8 Å². The smallest absolute Gasteiger partial charge is 0.401 e. The molecule has 0 saturated heterocycles. The van der Waals surface area contributed by atoms with E-state index in [0.717, 1.165) is 92.1 Å². The van der Waals surface area contributed by atoms with E-state index in [9.17, 15) is 51.9 Å². The third-order valence-corrected chi connectivity index (χ3v) is 14.4. The zero-order valence-corrected chi connectivity index (χ0v) is 40.0. The lowest BCUT2D eigenvalue weighted by Crippen LogP contribution is -2.40. The van der Waals surface area contributed by atoms with Crippen molar-refractivity contribution in [1.29, 1.82) is 0 Å². The summed E-state index contributed by atoms with van der Waals surface area (Å²) in [5.41, 5.74) is 1.78. The number of aromatic hydroxyl groups is 5. The molecule has 5 heterocycles. The second-order valence-corrected chi connectivity index (χ2v) is 20.8. The van der Waals surface area contributed by atoms with Gasteiger partial charge in [0.25, 0.3) is 0 Å². The largest absolute Gasteiger partial charge is 0.508 e. The van der Waals surface area contributed by atoms with Crippen LogP contribution in [-0.2, 0) is 33.0 Å². The van der Waals surface area contributed by atoms with Crippen molar-refractivity contribution in [3.63, 3.8) is 0 Å². The minimum Gasteiger partial charge on any atom is -0.508 e. The molecule has 2 spiro atoms. The fourth-order valence-corrected chi connectivity index (χ4v) is 9.80. The second-order valence-electron chi connectivity index (χ2n) is 20.8. The Labute approximate surface area is 402 Å². The Morgan fingerprint density at radius 2 is 0.900 bits per heavy atom. The number of aryl methyl sites for hydroxylation is 2. The molecule has 3 atom stereocenters. The van der Waals surface area contributed by atoms with Gasteiger partial charge in [-0.05, 0) is 118 Å². The van der Waals surface area contributed by atoms with Gasteiger partial charge in [-0.15, -0.1) is 0 Å². The molecule has 0 bridgehead atoms. The molecule has 70 heavy (non-hydrogen) atoms. The van der Waals surface area contributed by atoms with E-state index in [1.54, 1.807) is 25.1 Å². The molecule has 2 saturated carbocycles. The first-order chi connectivity index (χ1) is 32.7. The summed E-state index contributed by atoms with van der Waals surface area (Å²) in [7, 11) is 0. The normalized spacial score (nSPS) is 22.7. The van der Waals surface area contributed by atoms with Gasteiger partial charge in [0, 0.05) is 27.5 Å². The Morgan fingerprint density at radius 3 is 1.46 bits per heavy atom. The Bertz CT molecular complexity index is 2790. The summed E-state index contributed by atoms with van der Waals surface area (Å²) < 4.78 is 104. The van der Waals surface area contributed by atoms with Gasteiger partial charge in [-0.25, -0.2) is 0 Å². The average Bonchev–Trinajstić information content (AvgIpc) is 3.86. The first-order valence-corrected chi connectivity index (χ1v) is 23.1. The van der Waals surface area contributed by atoms with Gasteiger partial charge in [-0.2, -0.15) is 26.3 Å². The second kappa shape index (κ2) is 17.6. The predicted molar refractivity (Wildman–Crippen MR) is 248 cm³/mol. The SMILES string of the molecule is CC(C)(C)C1OCc2cccc(O)c21.CC1(C(F)(F)F)COc2cccc(O)c21.Cc1ccc(O)c2c1OCC2(C)C(F)(F)F.Cc1ccc(O)c2c1OCC21CC1.Oc1cccc2c1C1(CC1)CO2. The number of fused-ring (bicyclic) bond motifs is 7. The minimum absolute atomic E-state index is 0.0127. The van der Waals surface area contributed by atoms with Crippen LogP contribution in [0.25, 0.3) is 0 Å². The number of hydrogen-bond acceptors (Lipinski definition) is 10. The lowest BCUT2D eigenvalue weighted by Gasteiger charge is -2.27. The molecule has 2 aliphatic carbocycles. The Hall–Kier alpha value is -6.16. The number of phenols is 5. The van der Waals surface area contributed by atoms with E-state index in [0.29, 0.717) is 29.4 Å². The molecule has 12 rings (SSSR count). The van der Waals surface area contributed by atoms with Crippen molar-refractivity contribution in [3.8, 4) is 51.7 Å². The van der Waals surface area contributed by atoms with E-state index in [2.05, 4.69) is 20.8 Å². The van der Waals surface area contributed by atoms with Gasteiger partial charge in [0.2, 0.25) is 0 Å². The molecule has 5 aliphatic heterocycles. The maximum atomic E-state index is 12.9. The molecular formula is C54H58F6O10. The number of benzene rings is 5. The van der Waals surface area contributed by atoms with Crippen LogP contribution in [0.3, 0.4) is 0 Å². The summed E-state index contributed by atoms with van der Waals surface area (Å²) in [6.45, 7) is 13.3. The van der Waals surface area contributed by atoms with E-state index in [1.807, 2.05) is 37.3 Å². The number of phenolic OH excluding ortho intramolecular Hbond substituents is 5. The highest BCUT2D eigenvalue weighted by Gasteiger charge is 2.60. The van der Waals surface area contributed by atoms with Crippen LogP contribution in [0, 0.1) is 19.3 Å². The molecule has 3 unspecified atom stereocenters. The monoisotopic (exact) mass is 980 g/mol. The van der Waals surface area contributed by atoms with Crippen LogP contribution in [-0.4, -0.2) is 64.3 Å². The van der Waals surface area contributed by atoms with Crippen LogP contribution in [0.5, 0.6) is 51.7 Å². The van der Waals surface area contributed by atoms with E-state index >= 15 is 0 Å². The first-order valence-electron chi connectivity index (χ1n) is 23.1. The van der Waals surface area contributed by atoms with E-state index < -0.39 is 36.4 Å². The highest BCUT2D eigenvalue weighted by molar-refractivity contribution is 5.59. The Morgan fingerprint density at radius 1 is 0.486 bits per heavy atom. The average molecular weight is 981 g/mol. The van der Waals surface area contributed by atoms with Gasteiger partial charge < -0.3 is 49.2 Å². The van der Waals surface area contributed by atoms with Crippen LogP contribution in [0.2, 0.25) is 0 Å².